The molecule has 0 aliphatic heterocycles. The van der Waals surface area contributed by atoms with Gasteiger partial charge in [0.05, 0.1) is 5.92 Å². The summed E-state index contributed by atoms with van der Waals surface area (Å²) < 4.78 is 0. The summed E-state index contributed by atoms with van der Waals surface area (Å²) in [5, 5.41) is 15.8. The molecule has 0 bridgehead atoms. The van der Waals surface area contributed by atoms with Crippen LogP contribution in [-0.4, -0.2) is 22.1 Å². The molecule has 3 atom stereocenters. The van der Waals surface area contributed by atoms with Gasteiger partial charge in [0.25, 0.3) is 0 Å². The number of rotatable bonds is 3. The summed E-state index contributed by atoms with van der Waals surface area (Å²) in [6.07, 6.45) is 1.54. The summed E-state index contributed by atoms with van der Waals surface area (Å²) in [4.78, 5) is 15.5. The van der Waals surface area contributed by atoms with E-state index in [1.165, 1.54) is 11.3 Å². The first-order valence-corrected chi connectivity index (χ1v) is 7.68. The fourth-order valence-electron chi connectivity index (χ4n) is 2.92. The van der Waals surface area contributed by atoms with Crippen LogP contribution in [0.25, 0.3) is 0 Å². The van der Waals surface area contributed by atoms with Crippen molar-refractivity contribution in [2.45, 2.75) is 39.7 Å². The highest BCUT2D eigenvalue weighted by Crippen LogP contribution is 2.46. The van der Waals surface area contributed by atoms with Crippen molar-refractivity contribution < 1.29 is 9.90 Å². The average Bonchev–Trinajstić information content (AvgIpc) is 2.70. The molecule has 0 saturated heterocycles. The molecular weight excluding hydrogens is 284 g/mol. The maximum atomic E-state index is 11.3. The highest BCUT2D eigenvalue weighted by atomic mass is 35.5. The first-order chi connectivity index (χ1) is 8.82. The van der Waals surface area contributed by atoms with Crippen molar-refractivity contribution in [3.05, 3.63) is 10.5 Å². The van der Waals surface area contributed by atoms with Crippen LogP contribution < -0.4 is 5.32 Å². The molecule has 19 heavy (non-hydrogen) atoms. The number of nitrogens with one attached hydrogen (secondary N) is 1. The van der Waals surface area contributed by atoms with Crippen LogP contribution in [0.2, 0.25) is 5.15 Å². The molecule has 1 heterocycles. The third kappa shape index (κ3) is 2.87. The Morgan fingerprint density at radius 1 is 1.58 bits per heavy atom. The number of thiazole rings is 1. The Balaban J connectivity index is 2.11. The number of hydrogen-bond acceptors (Lipinski definition) is 4. The van der Waals surface area contributed by atoms with Crippen molar-refractivity contribution in [2.75, 3.05) is 5.32 Å². The number of aliphatic carboxylic acids is 1. The molecule has 1 aliphatic rings. The molecule has 2 rings (SSSR count). The molecule has 2 N–H and O–H groups in total. The third-order valence-corrected chi connectivity index (χ3v) is 5.62. The van der Waals surface area contributed by atoms with Gasteiger partial charge in [-0.15, -0.1) is 11.3 Å². The first kappa shape index (κ1) is 14.6. The molecule has 1 aliphatic carbocycles. The third-order valence-electron chi connectivity index (χ3n) is 4.52. The van der Waals surface area contributed by atoms with Gasteiger partial charge in [0, 0.05) is 11.4 Å². The minimum Gasteiger partial charge on any atom is -0.481 e. The summed E-state index contributed by atoms with van der Waals surface area (Å²) in [6, 6.07) is 0.243. The molecule has 0 spiro atoms. The average molecular weight is 303 g/mol. The van der Waals surface area contributed by atoms with E-state index in [1.54, 1.807) is 5.38 Å². The number of carbonyl (C=O) groups is 1. The van der Waals surface area contributed by atoms with Crippen molar-refractivity contribution in [3.63, 3.8) is 0 Å². The smallest absolute Gasteiger partial charge is 0.307 e. The second kappa shape index (κ2) is 5.29. The molecule has 0 radical (unpaired) electrons. The molecule has 4 nitrogen and oxygen atoms in total. The van der Waals surface area contributed by atoms with E-state index in [9.17, 15) is 9.90 Å². The molecule has 0 aromatic carbocycles. The summed E-state index contributed by atoms with van der Waals surface area (Å²) in [5.74, 6) is -0.710. The zero-order valence-electron chi connectivity index (χ0n) is 11.3. The van der Waals surface area contributed by atoms with E-state index in [0.29, 0.717) is 11.6 Å². The first-order valence-electron chi connectivity index (χ1n) is 6.42. The Bertz CT molecular complexity index is 475. The summed E-state index contributed by atoms with van der Waals surface area (Å²) >= 11 is 7.30. The van der Waals surface area contributed by atoms with E-state index in [-0.39, 0.29) is 23.3 Å². The Kier molecular flexibility index (Phi) is 4.06. The molecular formula is C13H19ClN2O2S. The number of halogens is 1. The van der Waals surface area contributed by atoms with Gasteiger partial charge in [-0.05, 0) is 24.2 Å². The molecule has 1 aromatic rings. The lowest BCUT2D eigenvalue weighted by molar-refractivity contribution is -0.149. The minimum absolute atomic E-state index is 0.233. The largest absolute Gasteiger partial charge is 0.481 e. The van der Waals surface area contributed by atoms with E-state index >= 15 is 0 Å². The molecule has 1 fully saturated rings. The lowest BCUT2D eigenvalue weighted by Crippen LogP contribution is -2.48. The number of nitrogens with zero attached hydrogens (tertiary/aromatic N) is 1. The Hall–Kier alpha value is -0.810. The predicted molar refractivity (Wildman–Crippen MR) is 77.8 cm³/mol. The van der Waals surface area contributed by atoms with Gasteiger partial charge in [0.1, 0.15) is 5.15 Å². The van der Waals surface area contributed by atoms with Gasteiger partial charge >= 0.3 is 5.97 Å². The van der Waals surface area contributed by atoms with Crippen molar-refractivity contribution >= 4 is 34.0 Å². The predicted octanol–water partition coefficient (Wildman–Crippen LogP) is 3.73. The monoisotopic (exact) mass is 302 g/mol. The number of carboxylic acid groups (broad SMARTS) is 1. The van der Waals surface area contributed by atoms with E-state index < -0.39 is 5.97 Å². The van der Waals surface area contributed by atoms with Gasteiger partial charge in [-0.25, -0.2) is 4.98 Å². The summed E-state index contributed by atoms with van der Waals surface area (Å²) in [6.45, 7) is 6.19. The normalized spacial score (nSPS) is 30.0. The topological polar surface area (TPSA) is 62.2 Å². The highest BCUT2D eigenvalue weighted by Gasteiger charge is 2.46. The van der Waals surface area contributed by atoms with Gasteiger partial charge in [0.2, 0.25) is 0 Å². The fraction of sp³-hybridized carbons (Fsp3) is 0.692. The number of hydrogen-bond donors (Lipinski definition) is 2. The Labute approximate surface area is 122 Å². The maximum Gasteiger partial charge on any atom is 0.307 e. The fourth-order valence-corrected chi connectivity index (χ4v) is 3.82. The second-order valence-corrected chi connectivity index (χ2v) is 7.05. The van der Waals surface area contributed by atoms with Crippen LogP contribution in [0.1, 0.15) is 33.6 Å². The van der Waals surface area contributed by atoms with Crippen LogP contribution >= 0.6 is 22.9 Å². The van der Waals surface area contributed by atoms with Gasteiger partial charge in [-0.1, -0.05) is 32.4 Å². The lowest BCUT2D eigenvalue weighted by atomic mass is 9.61. The molecule has 6 heteroatoms. The lowest BCUT2D eigenvalue weighted by Gasteiger charge is -2.46. The molecule has 1 aromatic heterocycles. The zero-order valence-corrected chi connectivity index (χ0v) is 12.9. The van der Waals surface area contributed by atoms with Gasteiger partial charge < -0.3 is 10.4 Å². The molecule has 106 valence electrons. The van der Waals surface area contributed by atoms with Crippen molar-refractivity contribution in [1.29, 1.82) is 0 Å². The van der Waals surface area contributed by atoms with Crippen LogP contribution in [-0.2, 0) is 4.79 Å². The molecule has 0 amide bonds. The molecule has 3 unspecified atom stereocenters. The Morgan fingerprint density at radius 2 is 2.26 bits per heavy atom. The number of carboxylic acids is 1. The van der Waals surface area contributed by atoms with E-state index in [2.05, 4.69) is 17.2 Å². The van der Waals surface area contributed by atoms with Crippen molar-refractivity contribution in [3.8, 4) is 0 Å². The minimum atomic E-state index is -0.687. The summed E-state index contributed by atoms with van der Waals surface area (Å²) in [7, 11) is 0. The van der Waals surface area contributed by atoms with E-state index in [4.69, 9.17) is 11.6 Å². The van der Waals surface area contributed by atoms with Gasteiger partial charge in [0.15, 0.2) is 5.13 Å². The highest BCUT2D eigenvalue weighted by molar-refractivity contribution is 7.14. The van der Waals surface area contributed by atoms with Crippen molar-refractivity contribution in [2.24, 2.45) is 17.3 Å². The standard InChI is InChI=1S/C13H19ClN2O2S/c1-7-9(15-12-16-10(14)6-19-12)5-4-8(11(17)18)13(7,2)3/h6-9H,4-5H2,1-3H3,(H,15,16)(H,17,18). The van der Waals surface area contributed by atoms with E-state index in [0.717, 1.165) is 11.6 Å². The SMILES string of the molecule is CC1C(Nc2nc(Cl)cs2)CCC(C(=O)O)C1(C)C. The number of anilines is 1. The summed E-state index contributed by atoms with van der Waals surface area (Å²) in [5.41, 5.74) is -0.233. The van der Waals surface area contributed by atoms with Crippen LogP contribution in [0.4, 0.5) is 5.13 Å². The van der Waals surface area contributed by atoms with E-state index in [1.807, 2.05) is 13.8 Å². The van der Waals surface area contributed by atoms with Gasteiger partial charge in [-0.2, -0.15) is 0 Å². The molecule has 1 saturated carbocycles. The van der Waals surface area contributed by atoms with Crippen LogP contribution in [0.3, 0.4) is 0 Å². The second-order valence-electron chi connectivity index (χ2n) is 5.80. The van der Waals surface area contributed by atoms with Gasteiger partial charge in [-0.3, -0.25) is 4.79 Å². The Morgan fingerprint density at radius 3 is 2.79 bits per heavy atom. The quantitative estimate of drug-likeness (QED) is 0.893. The van der Waals surface area contributed by atoms with Crippen LogP contribution in [0.15, 0.2) is 5.38 Å². The maximum absolute atomic E-state index is 11.3. The number of aromatic nitrogens is 1. The zero-order chi connectivity index (χ0) is 14.2. The van der Waals surface area contributed by atoms with Crippen LogP contribution in [0.5, 0.6) is 0 Å². The van der Waals surface area contributed by atoms with Crippen molar-refractivity contribution in [1.82, 2.24) is 4.98 Å². The van der Waals surface area contributed by atoms with Crippen LogP contribution in [0, 0.1) is 17.3 Å².